The van der Waals surface area contributed by atoms with Gasteiger partial charge in [-0.05, 0) is 37.6 Å². The lowest BCUT2D eigenvalue weighted by Gasteiger charge is -2.13. The van der Waals surface area contributed by atoms with Crippen LogP contribution < -0.4 is 5.43 Å². The number of benzene rings is 2. The fourth-order valence-corrected chi connectivity index (χ4v) is 2.64. The van der Waals surface area contributed by atoms with E-state index in [4.69, 9.17) is 0 Å². The van der Waals surface area contributed by atoms with Gasteiger partial charge in [-0.25, -0.2) is 9.82 Å². The summed E-state index contributed by atoms with van der Waals surface area (Å²) >= 11 is 0. The number of nitrogens with zero attached hydrogens (tertiary/aromatic N) is 2. The SMILES string of the molecule is CC(C)(O)C(=O)NN=Cc1cn(Cc2cccc(F)c2)c2ccccc12. The van der Waals surface area contributed by atoms with E-state index in [2.05, 4.69) is 10.5 Å². The lowest BCUT2D eigenvalue weighted by atomic mass is 10.1. The van der Waals surface area contributed by atoms with E-state index in [1.54, 1.807) is 6.07 Å². The number of aromatic nitrogens is 1. The average Bonchev–Trinajstić information content (AvgIpc) is 2.92. The number of hydrogen-bond donors (Lipinski definition) is 2. The quantitative estimate of drug-likeness (QED) is 0.547. The van der Waals surface area contributed by atoms with Gasteiger partial charge in [0.2, 0.25) is 0 Å². The molecule has 1 aromatic heterocycles. The highest BCUT2D eigenvalue weighted by Gasteiger charge is 2.23. The zero-order valence-corrected chi connectivity index (χ0v) is 14.6. The van der Waals surface area contributed by atoms with E-state index in [9.17, 15) is 14.3 Å². The molecule has 26 heavy (non-hydrogen) atoms. The Balaban J connectivity index is 1.89. The molecule has 2 aromatic carbocycles. The summed E-state index contributed by atoms with van der Waals surface area (Å²) in [6.07, 6.45) is 3.43. The van der Waals surface area contributed by atoms with Crippen molar-refractivity contribution in [3.63, 3.8) is 0 Å². The van der Waals surface area contributed by atoms with E-state index in [0.717, 1.165) is 22.0 Å². The number of nitrogens with one attached hydrogen (secondary N) is 1. The maximum absolute atomic E-state index is 13.4. The first kappa shape index (κ1) is 17.8. The molecule has 0 fully saturated rings. The molecule has 0 saturated heterocycles. The summed E-state index contributed by atoms with van der Waals surface area (Å²) in [6, 6.07) is 14.3. The molecule has 6 heteroatoms. The van der Waals surface area contributed by atoms with E-state index in [-0.39, 0.29) is 5.82 Å². The van der Waals surface area contributed by atoms with Crippen LogP contribution in [0.1, 0.15) is 25.0 Å². The van der Waals surface area contributed by atoms with Gasteiger partial charge in [-0.3, -0.25) is 4.79 Å². The molecule has 1 heterocycles. The Morgan fingerprint density at radius 2 is 2.04 bits per heavy atom. The molecule has 0 atom stereocenters. The van der Waals surface area contributed by atoms with Gasteiger partial charge in [0.05, 0.1) is 6.21 Å². The van der Waals surface area contributed by atoms with Gasteiger partial charge in [-0.2, -0.15) is 5.10 Å². The molecular weight excluding hydrogens is 333 g/mol. The molecule has 0 unspecified atom stereocenters. The first-order chi connectivity index (χ1) is 12.3. The van der Waals surface area contributed by atoms with Crippen LogP contribution in [-0.2, 0) is 11.3 Å². The summed E-state index contributed by atoms with van der Waals surface area (Å²) < 4.78 is 15.4. The molecule has 5 nitrogen and oxygen atoms in total. The minimum Gasteiger partial charge on any atom is -0.381 e. The minimum absolute atomic E-state index is 0.268. The molecule has 0 radical (unpaired) electrons. The molecule has 3 aromatic rings. The van der Waals surface area contributed by atoms with Gasteiger partial charge in [0.15, 0.2) is 0 Å². The molecular formula is C20H20FN3O2. The number of fused-ring (bicyclic) bond motifs is 1. The monoisotopic (exact) mass is 353 g/mol. The normalized spacial score (nSPS) is 12.0. The lowest BCUT2D eigenvalue weighted by Crippen LogP contribution is -2.39. The van der Waals surface area contributed by atoms with Crippen LogP contribution in [0.3, 0.4) is 0 Å². The smallest absolute Gasteiger partial charge is 0.271 e. The summed E-state index contributed by atoms with van der Waals surface area (Å²) in [4.78, 5) is 11.7. The molecule has 134 valence electrons. The van der Waals surface area contributed by atoms with Crippen molar-refractivity contribution in [1.82, 2.24) is 9.99 Å². The molecule has 0 aliphatic rings. The molecule has 0 aliphatic carbocycles. The predicted octanol–water partition coefficient (Wildman–Crippen LogP) is 3.05. The number of carbonyl (C=O) groups excluding carboxylic acids is 1. The van der Waals surface area contributed by atoms with Crippen molar-refractivity contribution >= 4 is 23.0 Å². The van der Waals surface area contributed by atoms with Crippen LogP contribution in [0.2, 0.25) is 0 Å². The molecule has 0 aliphatic heterocycles. The van der Waals surface area contributed by atoms with Crippen molar-refractivity contribution in [2.75, 3.05) is 0 Å². The van der Waals surface area contributed by atoms with Crippen LogP contribution in [0.4, 0.5) is 4.39 Å². The van der Waals surface area contributed by atoms with E-state index in [1.165, 1.54) is 32.2 Å². The van der Waals surface area contributed by atoms with Crippen molar-refractivity contribution in [2.24, 2.45) is 5.10 Å². The van der Waals surface area contributed by atoms with Crippen molar-refractivity contribution in [2.45, 2.75) is 26.0 Å². The molecule has 0 bridgehead atoms. The van der Waals surface area contributed by atoms with Gasteiger partial charge >= 0.3 is 0 Å². The minimum atomic E-state index is -1.50. The zero-order valence-electron chi connectivity index (χ0n) is 14.6. The third-order valence-corrected chi connectivity index (χ3v) is 3.99. The van der Waals surface area contributed by atoms with Gasteiger partial charge in [-0.15, -0.1) is 0 Å². The highest BCUT2D eigenvalue weighted by atomic mass is 19.1. The second-order valence-electron chi connectivity index (χ2n) is 6.62. The number of amides is 1. The summed E-state index contributed by atoms with van der Waals surface area (Å²) in [5, 5.41) is 14.5. The van der Waals surface area contributed by atoms with Crippen LogP contribution in [0, 0.1) is 5.82 Å². The van der Waals surface area contributed by atoms with Crippen molar-refractivity contribution in [3.05, 3.63) is 71.7 Å². The van der Waals surface area contributed by atoms with Crippen LogP contribution in [0.5, 0.6) is 0 Å². The van der Waals surface area contributed by atoms with Gasteiger partial charge in [0.1, 0.15) is 11.4 Å². The Morgan fingerprint density at radius 1 is 1.27 bits per heavy atom. The Bertz CT molecular complexity index is 971. The second-order valence-corrected chi connectivity index (χ2v) is 6.62. The molecule has 0 saturated carbocycles. The number of carbonyl (C=O) groups is 1. The van der Waals surface area contributed by atoms with Gasteiger partial charge in [0.25, 0.3) is 5.91 Å². The van der Waals surface area contributed by atoms with Crippen molar-refractivity contribution in [3.8, 4) is 0 Å². The van der Waals surface area contributed by atoms with Crippen LogP contribution in [-0.4, -0.2) is 27.4 Å². The first-order valence-corrected chi connectivity index (χ1v) is 8.23. The molecule has 1 amide bonds. The Labute approximate surface area is 150 Å². The maximum Gasteiger partial charge on any atom is 0.271 e. The molecule has 3 rings (SSSR count). The average molecular weight is 353 g/mol. The Hall–Kier alpha value is -2.99. The number of rotatable bonds is 5. The summed E-state index contributed by atoms with van der Waals surface area (Å²) in [5.74, 6) is -0.854. The highest BCUT2D eigenvalue weighted by Crippen LogP contribution is 2.21. The van der Waals surface area contributed by atoms with E-state index in [0.29, 0.717) is 6.54 Å². The highest BCUT2D eigenvalue weighted by molar-refractivity contribution is 5.99. The van der Waals surface area contributed by atoms with Crippen molar-refractivity contribution < 1.29 is 14.3 Å². The number of aliphatic hydroxyl groups is 1. The van der Waals surface area contributed by atoms with Gasteiger partial charge in [-0.1, -0.05) is 30.3 Å². The Morgan fingerprint density at radius 3 is 2.77 bits per heavy atom. The van der Waals surface area contributed by atoms with Gasteiger partial charge in [0, 0.05) is 29.2 Å². The molecule has 2 N–H and O–H groups in total. The number of hydrazone groups is 1. The molecule has 0 spiro atoms. The largest absolute Gasteiger partial charge is 0.381 e. The van der Waals surface area contributed by atoms with Crippen LogP contribution >= 0.6 is 0 Å². The first-order valence-electron chi connectivity index (χ1n) is 8.23. The van der Waals surface area contributed by atoms with Gasteiger partial charge < -0.3 is 9.67 Å². The second kappa shape index (κ2) is 7.09. The zero-order chi connectivity index (χ0) is 18.7. The van der Waals surface area contributed by atoms with E-state index >= 15 is 0 Å². The fraction of sp³-hybridized carbons (Fsp3) is 0.200. The van der Waals surface area contributed by atoms with Crippen LogP contribution in [0.15, 0.2) is 59.8 Å². The maximum atomic E-state index is 13.4. The summed E-state index contributed by atoms with van der Waals surface area (Å²) in [6.45, 7) is 3.30. The summed E-state index contributed by atoms with van der Waals surface area (Å²) in [7, 11) is 0. The topological polar surface area (TPSA) is 66.6 Å². The fourth-order valence-electron chi connectivity index (χ4n) is 2.64. The summed E-state index contributed by atoms with van der Waals surface area (Å²) in [5.41, 5.74) is 3.47. The predicted molar refractivity (Wildman–Crippen MR) is 99.5 cm³/mol. The number of para-hydroxylation sites is 1. The van der Waals surface area contributed by atoms with E-state index in [1.807, 2.05) is 41.1 Å². The number of hydrogen-bond acceptors (Lipinski definition) is 3. The number of halogens is 1. The van der Waals surface area contributed by atoms with Crippen LogP contribution in [0.25, 0.3) is 10.9 Å². The Kier molecular flexibility index (Phi) is 4.86. The van der Waals surface area contributed by atoms with Crippen molar-refractivity contribution in [1.29, 1.82) is 0 Å². The van der Waals surface area contributed by atoms with E-state index < -0.39 is 11.5 Å². The standard InChI is InChI=1S/C20H20FN3O2/c1-20(2,26)19(25)23-22-11-15-13-24(18-9-4-3-8-17(15)18)12-14-6-5-7-16(21)10-14/h3-11,13,26H,12H2,1-2H3,(H,23,25). The lowest BCUT2D eigenvalue weighted by molar-refractivity contribution is -0.136. The third-order valence-electron chi connectivity index (χ3n) is 3.99. The third kappa shape index (κ3) is 3.97.